The van der Waals surface area contributed by atoms with Crippen molar-refractivity contribution in [3.63, 3.8) is 0 Å². The van der Waals surface area contributed by atoms with E-state index < -0.39 is 23.4 Å². The molecule has 88 valence electrons. The van der Waals surface area contributed by atoms with Crippen molar-refractivity contribution in [2.24, 2.45) is 0 Å². The van der Waals surface area contributed by atoms with Crippen LogP contribution in [0.1, 0.15) is 30.6 Å². The number of hydrogen-bond donors (Lipinski definition) is 1. The van der Waals surface area contributed by atoms with Crippen molar-refractivity contribution in [3.05, 3.63) is 32.2 Å². The predicted octanol–water partition coefficient (Wildman–Crippen LogP) is 0.454. The van der Waals surface area contributed by atoms with Gasteiger partial charge in [-0.3, -0.25) is 4.57 Å². The Bertz CT molecular complexity index is 525. The molecule has 0 saturated heterocycles. The van der Waals surface area contributed by atoms with Crippen molar-refractivity contribution < 1.29 is 14.3 Å². The molecule has 0 aromatic carbocycles. The van der Waals surface area contributed by atoms with Crippen molar-refractivity contribution in [2.45, 2.75) is 33.2 Å². The first-order chi connectivity index (χ1) is 7.40. The molecule has 0 spiro atoms. The van der Waals surface area contributed by atoms with Crippen molar-refractivity contribution in [2.75, 3.05) is 0 Å². The zero-order valence-corrected chi connectivity index (χ0v) is 9.31. The van der Waals surface area contributed by atoms with E-state index in [1.54, 1.807) is 6.92 Å². The van der Waals surface area contributed by atoms with Gasteiger partial charge in [0.1, 0.15) is 6.04 Å². The van der Waals surface area contributed by atoms with Crippen LogP contribution in [-0.4, -0.2) is 15.6 Å². The minimum absolute atomic E-state index is 0.239. The first-order valence-corrected chi connectivity index (χ1v) is 4.85. The van der Waals surface area contributed by atoms with E-state index in [2.05, 4.69) is 4.42 Å². The second kappa shape index (κ2) is 4.34. The van der Waals surface area contributed by atoms with E-state index in [4.69, 9.17) is 5.11 Å². The zero-order chi connectivity index (χ0) is 12.5. The normalized spacial score (nSPS) is 12.4. The second-order valence-corrected chi connectivity index (χ2v) is 3.50. The quantitative estimate of drug-likeness (QED) is 0.809. The summed E-state index contributed by atoms with van der Waals surface area (Å²) >= 11 is 0. The third kappa shape index (κ3) is 1.91. The van der Waals surface area contributed by atoms with Crippen molar-refractivity contribution >= 4 is 5.97 Å². The molecule has 1 heterocycles. The van der Waals surface area contributed by atoms with Gasteiger partial charge in [-0.1, -0.05) is 6.92 Å². The lowest BCUT2D eigenvalue weighted by Crippen LogP contribution is -2.34. The molecular formula is C10H13NO5. The number of carboxylic acids is 1. The second-order valence-electron chi connectivity index (χ2n) is 3.50. The minimum atomic E-state index is -1.12. The Morgan fingerprint density at radius 2 is 2.00 bits per heavy atom. The third-order valence-corrected chi connectivity index (χ3v) is 2.57. The maximum absolute atomic E-state index is 11.5. The summed E-state index contributed by atoms with van der Waals surface area (Å²) in [5.41, 5.74) is -0.145. The van der Waals surface area contributed by atoms with Crippen LogP contribution in [0.2, 0.25) is 0 Å². The molecule has 0 radical (unpaired) electrons. The van der Waals surface area contributed by atoms with Gasteiger partial charge < -0.3 is 9.52 Å². The highest BCUT2D eigenvalue weighted by Crippen LogP contribution is 2.12. The van der Waals surface area contributed by atoms with E-state index in [0.29, 0.717) is 5.69 Å². The minimum Gasteiger partial charge on any atom is -0.480 e. The van der Waals surface area contributed by atoms with Crippen LogP contribution in [0, 0.1) is 13.8 Å². The predicted molar refractivity (Wildman–Crippen MR) is 55.7 cm³/mol. The average molecular weight is 227 g/mol. The Hall–Kier alpha value is -1.85. The summed E-state index contributed by atoms with van der Waals surface area (Å²) in [6.07, 6.45) is 0.239. The van der Waals surface area contributed by atoms with Gasteiger partial charge in [0, 0.05) is 5.69 Å². The number of hydrogen-bond acceptors (Lipinski definition) is 4. The van der Waals surface area contributed by atoms with Crippen LogP contribution in [0.5, 0.6) is 0 Å². The highest BCUT2D eigenvalue weighted by molar-refractivity contribution is 5.71. The molecule has 1 unspecified atom stereocenters. The van der Waals surface area contributed by atoms with Crippen LogP contribution in [0.3, 0.4) is 0 Å². The van der Waals surface area contributed by atoms with Gasteiger partial charge in [-0.25, -0.2) is 14.4 Å². The molecule has 0 bridgehead atoms. The van der Waals surface area contributed by atoms with Crippen LogP contribution in [0.15, 0.2) is 14.0 Å². The SMILES string of the molecule is CCC(C(=O)O)n1c(C)c(C)c(=O)oc1=O. The summed E-state index contributed by atoms with van der Waals surface area (Å²) in [4.78, 5) is 33.6. The van der Waals surface area contributed by atoms with Crippen LogP contribution in [0.4, 0.5) is 0 Å². The van der Waals surface area contributed by atoms with Crippen LogP contribution < -0.4 is 11.4 Å². The molecule has 16 heavy (non-hydrogen) atoms. The number of aliphatic carboxylic acids is 1. The molecule has 0 aliphatic rings. The number of nitrogens with zero attached hydrogens (tertiary/aromatic N) is 1. The topological polar surface area (TPSA) is 89.5 Å². The summed E-state index contributed by atoms with van der Waals surface area (Å²) in [6, 6.07) is -1.00. The molecule has 0 aliphatic heterocycles. The Kier molecular flexibility index (Phi) is 3.31. The molecular weight excluding hydrogens is 214 g/mol. The lowest BCUT2D eigenvalue weighted by molar-refractivity contribution is -0.141. The summed E-state index contributed by atoms with van der Waals surface area (Å²) in [5.74, 6) is -2.05. The fourth-order valence-corrected chi connectivity index (χ4v) is 1.50. The molecule has 1 rings (SSSR count). The highest BCUT2D eigenvalue weighted by Gasteiger charge is 2.22. The number of carbonyl (C=O) groups is 1. The van der Waals surface area contributed by atoms with Gasteiger partial charge >= 0.3 is 17.4 Å². The maximum Gasteiger partial charge on any atom is 0.422 e. The largest absolute Gasteiger partial charge is 0.480 e. The van der Waals surface area contributed by atoms with E-state index in [1.165, 1.54) is 13.8 Å². The fraction of sp³-hybridized carbons (Fsp3) is 0.500. The zero-order valence-electron chi connectivity index (χ0n) is 9.31. The van der Waals surface area contributed by atoms with Crippen LogP contribution in [0.25, 0.3) is 0 Å². The van der Waals surface area contributed by atoms with Gasteiger partial charge in [-0.05, 0) is 20.3 Å². The highest BCUT2D eigenvalue weighted by atomic mass is 16.4. The van der Waals surface area contributed by atoms with E-state index >= 15 is 0 Å². The third-order valence-electron chi connectivity index (χ3n) is 2.57. The van der Waals surface area contributed by atoms with Crippen molar-refractivity contribution in [1.82, 2.24) is 4.57 Å². The lowest BCUT2D eigenvalue weighted by atomic mass is 10.2. The molecule has 1 aromatic heterocycles. The number of aromatic nitrogens is 1. The summed E-state index contributed by atoms with van der Waals surface area (Å²) < 4.78 is 5.44. The van der Waals surface area contributed by atoms with Gasteiger partial charge in [0.25, 0.3) is 0 Å². The van der Waals surface area contributed by atoms with Gasteiger partial charge in [-0.2, -0.15) is 0 Å². The Morgan fingerprint density at radius 3 is 2.44 bits per heavy atom. The molecule has 6 heteroatoms. The summed E-state index contributed by atoms with van der Waals surface area (Å²) in [7, 11) is 0. The molecule has 0 aliphatic carbocycles. The van der Waals surface area contributed by atoms with Gasteiger partial charge in [0.2, 0.25) is 0 Å². The fourth-order valence-electron chi connectivity index (χ4n) is 1.50. The standard InChI is InChI=1S/C10H13NO5/c1-4-7(8(12)13)11-6(3)5(2)9(14)16-10(11)15/h7H,4H2,1-3H3,(H,12,13). The van der Waals surface area contributed by atoms with Gasteiger partial charge in [-0.15, -0.1) is 0 Å². The number of rotatable bonds is 3. The Morgan fingerprint density at radius 1 is 1.44 bits per heavy atom. The summed E-state index contributed by atoms with van der Waals surface area (Å²) in [5, 5.41) is 8.96. The molecule has 1 N–H and O–H groups in total. The van der Waals surface area contributed by atoms with Crippen molar-refractivity contribution in [1.29, 1.82) is 0 Å². The average Bonchev–Trinajstić information content (AvgIpc) is 2.20. The Labute approximate surface area is 91.1 Å². The molecule has 0 saturated carbocycles. The van der Waals surface area contributed by atoms with E-state index in [9.17, 15) is 14.4 Å². The van der Waals surface area contributed by atoms with Crippen LogP contribution in [-0.2, 0) is 4.79 Å². The molecule has 0 amide bonds. The summed E-state index contributed by atoms with van der Waals surface area (Å²) in [6.45, 7) is 4.66. The monoisotopic (exact) mass is 227 g/mol. The molecule has 1 aromatic rings. The smallest absolute Gasteiger partial charge is 0.422 e. The van der Waals surface area contributed by atoms with E-state index in [1.807, 2.05) is 0 Å². The van der Waals surface area contributed by atoms with Gasteiger partial charge in [0.15, 0.2) is 0 Å². The number of carboxylic acid groups (broad SMARTS) is 1. The first-order valence-electron chi connectivity index (χ1n) is 4.85. The van der Waals surface area contributed by atoms with Crippen LogP contribution >= 0.6 is 0 Å². The first kappa shape index (κ1) is 12.2. The molecule has 0 fully saturated rings. The molecule has 1 atom stereocenters. The molecule has 6 nitrogen and oxygen atoms in total. The Balaban J connectivity index is 3.56. The van der Waals surface area contributed by atoms with E-state index in [-0.39, 0.29) is 12.0 Å². The van der Waals surface area contributed by atoms with Gasteiger partial charge in [0.05, 0.1) is 5.56 Å². The maximum atomic E-state index is 11.5. The van der Waals surface area contributed by atoms with E-state index in [0.717, 1.165) is 4.57 Å². The lowest BCUT2D eigenvalue weighted by Gasteiger charge is -2.16. The van der Waals surface area contributed by atoms with Crippen molar-refractivity contribution in [3.8, 4) is 0 Å².